The van der Waals surface area contributed by atoms with Crippen LogP contribution in [0, 0.1) is 11.8 Å². The van der Waals surface area contributed by atoms with Crippen molar-refractivity contribution in [3.63, 3.8) is 0 Å². The van der Waals surface area contributed by atoms with Crippen LogP contribution in [0.2, 0.25) is 0 Å². The summed E-state index contributed by atoms with van der Waals surface area (Å²) >= 11 is 0. The first-order valence-corrected chi connectivity index (χ1v) is 10.1. The van der Waals surface area contributed by atoms with E-state index < -0.39 is 0 Å². The number of methoxy groups -OCH3 is 1. The third-order valence-corrected chi connectivity index (χ3v) is 5.14. The molecule has 0 atom stereocenters. The molecule has 0 aliphatic carbocycles. The van der Waals surface area contributed by atoms with Crippen LogP contribution >= 0.6 is 0 Å². The molecule has 1 heterocycles. The monoisotopic (exact) mass is 374 g/mol. The Hall–Kier alpha value is -1.88. The van der Waals surface area contributed by atoms with Gasteiger partial charge in [-0.05, 0) is 68.5 Å². The van der Waals surface area contributed by atoms with Crippen molar-refractivity contribution in [1.82, 2.24) is 10.2 Å². The lowest BCUT2D eigenvalue weighted by Crippen LogP contribution is -2.40. The van der Waals surface area contributed by atoms with Crippen LogP contribution < -0.4 is 10.1 Å². The highest BCUT2D eigenvalue weighted by Crippen LogP contribution is 2.17. The molecule has 1 fully saturated rings. The standard InChI is InChI=1S/C22H34N2O3/c1-17(2)16-24-13-11-18(12-14-24)15-23-22(26)6-4-5-21(25)19-7-9-20(27-3)10-8-19/h7-10,17-18H,4-6,11-16H2,1-3H3,(H,23,26). The number of ether oxygens (including phenoxy) is 1. The minimum Gasteiger partial charge on any atom is -0.497 e. The summed E-state index contributed by atoms with van der Waals surface area (Å²) in [6.07, 6.45) is 3.71. The van der Waals surface area contributed by atoms with Crippen LogP contribution in [0.4, 0.5) is 0 Å². The fraction of sp³-hybridized carbons (Fsp3) is 0.636. The van der Waals surface area contributed by atoms with E-state index in [4.69, 9.17) is 4.74 Å². The largest absolute Gasteiger partial charge is 0.497 e. The van der Waals surface area contributed by atoms with Crippen LogP contribution in [0.1, 0.15) is 56.3 Å². The number of likely N-dealkylation sites (tertiary alicyclic amines) is 1. The molecule has 0 saturated carbocycles. The topological polar surface area (TPSA) is 58.6 Å². The molecule has 1 aromatic rings. The second-order valence-corrected chi connectivity index (χ2v) is 7.95. The number of nitrogens with one attached hydrogen (secondary N) is 1. The molecule has 0 radical (unpaired) electrons. The molecule has 1 amide bonds. The van der Waals surface area contributed by atoms with Gasteiger partial charge in [0.15, 0.2) is 5.78 Å². The highest BCUT2D eigenvalue weighted by atomic mass is 16.5. The van der Waals surface area contributed by atoms with E-state index in [0.29, 0.717) is 36.7 Å². The van der Waals surface area contributed by atoms with Crippen molar-refractivity contribution < 1.29 is 14.3 Å². The maximum Gasteiger partial charge on any atom is 0.220 e. The van der Waals surface area contributed by atoms with Gasteiger partial charge in [-0.1, -0.05) is 13.8 Å². The smallest absolute Gasteiger partial charge is 0.220 e. The average molecular weight is 375 g/mol. The second-order valence-electron chi connectivity index (χ2n) is 7.95. The van der Waals surface area contributed by atoms with Crippen molar-refractivity contribution in [1.29, 1.82) is 0 Å². The van der Waals surface area contributed by atoms with Gasteiger partial charge >= 0.3 is 0 Å². The number of benzene rings is 1. The SMILES string of the molecule is COc1ccc(C(=O)CCCC(=O)NCC2CCN(CC(C)C)CC2)cc1. The molecule has 150 valence electrons. The number of carbonyl (C=O) groups excluding carboxylic acids is 2. The van der Waals surface area contributed by atoms with Crippen molar-refractivity contribution in [3.05, 3.63) is 29.8 Å². The lowest BCUT2D eigenvalue weighted by Gasteiger charge is -2.33. The molecule has 2 rings (SSSR count). The molecule has 1 aromatic carbocycles. The Morgan fingerprint density at radius 1 is 1.15 bits per heavy atom. The Kier molecular flexibility index (Phi) is 8.79. The van der Waals surface area contributed by atoms with Crippen molar-refractivity contribution in [2.75, 3.05) is 33.3 Å². The zero-order valence-corrected chi connectivity index (χ0v) is 17.0. The van der Waals surface area contributed by atoms with Gasteiger partial charge in [-0.2, -0.15) is 0 Å². The molecular weight excluding hydrogens is 340 g/mol. The van der Waals surface area contributed by atoms with Gasteiger partial charge in [0.2, 0.25) is 5.91 Å². The zero-order chi connectivity index (χ0) is 19.6. The van der Waals surface area contributed by atoms with Crippen LogP contribution in [0.15, 0.2) is 24.3 Å². The Morgan fingerprint density at radius 2 is 1.81 bits per heavy atom. The van der Waals surface area contributed by atoms with Crippen molar-refractivity contribution in [2.24, 2.45) is 11.8 Å². The summed E-state index contributed by atoms with van der Waals surface area (Å²) in [6, 6.07) is 7.11. The predicted octanol–water partition coefficient (Wildman–Crippen LogP) is 3.53. The Morgan fingerprint density at radius 3 is 2.41 bits per heavy atom. The fourth-order valence-electron chi connectivity index (χ4n) is 3.57. The van der Waals surface area contributed by atoms with Crippen molar-refractivity contribution >= 4 is 11.7 Å². The molecule has 1 aliphatic heterocycles. The Balaban J connectivity index is 1.59. The van der Waals surface area contributed by atoms with Gasteiger partial charge in [0.25, 0.3) is 0 Å². The number of piperidine rings is 1. The summed E-state index contributed by atoms with van der Waals surface area (Å²) < 4.78 is 5.09. The van der Waals surface area contributed by atoms with Crippen LogP contribution in [-0.4, -0.2) is 49.9 Å². The van der Waals surface area contributed by atoms with Gasteiger partial charge in [0, 0.05) is 31.5 Å². The summed E-state index contributed by atoms with van der Waals surface area (Å²) in [5, 5.41) is 3.05. The molecule has 5 heteroatoms. The molecule has 1 saturated heterocycles. The minimum absolute atomic E-state index is 0.0575. The Labute approximate surface area is 163 Å². The van der Waals surface area contributed by atoms with Gasteiger partial charge in [0.1, 0.15) is 5.75 Å². The van der Waals surface area contributed by atoms with E-state index in [1.54, 1.807) is 31.4 Å². The molecule has 5 nitrogen and oxygen atoms in total. The highest BCUT2D eigenvalue weighted by Gasteiger charge is 2.20. The number of ketones is 1. The number of hydrogen-bond donors (Lipinski definition) is 1. The molecule has 0 aromatic heterocycles. The highest BCUT2D eigenvalue weighted by molar-refractivity contribution is 5.96. The van der Waals surface area contributed by atoms with Gasteiger partial charge in [-0.25, -0.2) is 0 Å². The molecule has 1 N–H and O–H groups in total. The third kappa shape index (κ3) is 7.71. The normalized spacial score (nSPS) is 15.7. The number of nitrogens with zero attached hydrogens (tertiary/aromatic N) is 1. The van der Waals surface area contributed by atoms with E-state index in [2.05, 4.69) is 24.1 Å². The predicted molar refractivity (Wildman–Crippen MR) is 108 cm³/mol. The summed E-state index contributed by atoms with van der Waals surface area (Å²) in [7, 11) is 1.60. The maximum absolute atomic E-state index is 12.2. The van der Waals surface area contributed by atoms with Crippen LogP contribution in [0.5, 0.6) is 5.75 Å². The summed E-state index contributed by atoms with van der Waals surface area (Å²) in [6.45, 7) is 8.71. The third-order valence-electron chi connectivity index (χ3n) is 5.14. The molecule has 0 spiro atoms. The lowest BCUT2D eigenvalue weighted by atomic mass is 9.96. The van der Waals surface area contributed by atoms with E-state index >= 15 is 0 Å². The van der Waals surface area contributed by atoms with E-state index in [0.717, 1.165) is 38.2 Å². The molecule has 0 bridgehead atoms. The molecular formula is C22H34N2O3. The van der Waals surface area contributed by atoms with Gasteiger partial charge in [0.05, 0.1) is 7.11 Å². The van der Waals surface area contributed by atoms with Gasteiger partial charge < -0.3 is 15.0 Å². The van der Waals surface area contributed by atoms with Crippen molar-refractivity contribution in [2.45, 2.75) is 46.0 Å². The number of hydrogen-bond acceptors (Lipinski definition) is 4. The quantitative estimate of drug-likeness (QED) is 0.637. The van der Waals surface area contributed by atoms with Crippen LogP contribution in [0.3, 0.4) is 0 Å². The summed E-state index contributed by atoms with van der Waals surface area (Å²) in [5.74, 6) is 2.16. The number of rotatable bonds is 10. The fourth-order valence-corrected chi connectivity index (χ4v) is 3.57. The molecule has 1 aliphatic rings. The maximum atomic E-state index is 12.2. The van der Waals surface area contributed by atoms with Crippen molar-refractivity contribution in [3.8, 4) is 5.75 Å². The Bertz CT molecular complexity index is 590. The van der Waals surface area contributed by atoms with Gasteiger partial charge in [-0.15, -0.1) is 0 Å². The minimum atomic E-state index is 0.0575. The van der Waals surface area contributed by atoms with E-state index in [1.807, 2.05) is 0 Å². The first kappa shape index (κ1) is 21.4. The second kappa shape index (κ2) is 11.1. The average Bonchev–Trinajstić information content (AvgIpc) is 2.67. The number of carbonyl (C=O) groups is 2. The molecule has 27 heavy (non-hydrogen) atoms. The summed E-state index contributed by atoms with van der Waals surface area (Å²) in [5.41, 5.74) is 0.671. The van der Waals surface area contributed by atoms with E-state index in [-0.39, 0.29) is 11.7 Å². The lowest BCUT2D eigenvalue weighted by molar-refractivity contribution is -0.121. The van der Waals surface area contributed by atoms with E-state index in [9.17, 15) is 9.59 Å². The first-order valence-electron chi connectivity index (χ1n) is 10.1. The van der Waals surface area contributed by atoms with Crippen LogP contribution in [-0.2, 0) is 4.79 Å². The van der Waals surface area contributed by atoms with E-state index in [1.165, 1.54) is 6.54 Å². The number of Topliss-reactive ketones (excluding diaryl/α,β-unsaturated/α-hetero) is 1. The van der Waals surface area contributed by atoms with Crippen LogP contribution in [0.25, 0.3) is 0 Å². The zero-order valence-electron chi connectivity index (χ0n) is 17.0. The summed E-state index contributed by atoms with van der Waals surface area (Å²) in [4.78, 5) is 26.7. The molecule has 0 unspecified atom stereocenters. The van der Waals surface area contributed by atoms with Gasteiger partial charge in [-0.3, -0.25) is 9.59 Å². The first-order chi connectivity index (χ1) is 13.0. The number of amides is 1.